The Morgan fingerprint density at radius 3 is 2.37 bits per heavy atom. The summed E-state index contributed by atoms with van der Waals surface area (Å²) in [4.78, 5) is 73.1. The van der Waals surface area contributed by atoms with E-state index in [1.807, 2.05) is 0 Å². The van der Waals surface area contributed by atoms with Gasteiger partial charge in [0.1, 0.15) is 46.9 Å². The SMILES string of the molecule is CO[C@H]1/C=C/O[C@@]2(F)Oc3c(C)c(O)c4c(=O)c(c5oc6cc(OCCN(C)C(C)=O)ccc6nc-5c4c3C2=O)NC(=O)/C(C)=C\C=C\[C@H](C)[C@H](O)[C@@H](C)[C@@H](O)[C@@H](C)[C@H](OC(C)=O)[C@@H]1C. The van der Waals surface area contributed by atoms with Gasteiger partial charge in [-0.25, -0.2) is 4.98 Å². The Balaban J connectivity index is 1.56. The lowest BCUT2D eigenvalue weighted by molar-refractivity contribution is -0.192. The number of hydrogen-bond acceptors (Lipinski definition) is 15. The van der Waals surface area contributed by atoms with E-state index >= 15 is 4.39 Å². The second-order valence-corrected chi connectivity index (χ2v) is 16.7. The molecule has 2 aromatic rings. The number of phenols is 1. The number of carbonyl (C=O) groups excluding carboxylic acids is 4. The van der Waals surface area contributed by atoms with Crippen molar-refractivity contribution < 1.29 is 67.0 Å². The third-order valence-corrected chi connectivity index (χ3v) is 12.3. The van der Waals surface area contributed by atoms with E-state index in [1.165, 1.54) is 70.1 Å². The standard InChI is InChI=1S/C47H54FN3O14/c1-21-12-11-13-22(2)46(59)50-37-41(57)34-33(36-44(37)64-32-20-29(14-15-30(32)49-36)61-19-17-51(9)27(7)52)35-43(26(6)40(34)56)65-47(48,45(35)58)62-18-16-31(60-10)23(3)42(63-28(8)53)25(5)39(55)24(4)38(21)54/h11-16,18,20-21,23-25,31,38-39,42,54-56H,17,19H2,1-10H3,(H,50,59)/b12-11+,18-16+,22-13-/t21-,23+,24+,25+,31-,38-,39+,42+,47+/m0/s1. The Morgan fingerprint density at radius 1 is 1.00 bits per heavy atom. The van der Waals surface area contributed by atoms with Crippen LogP contribution in [0.3, 0.4) is 0 Å². The van der Waals surface area contributed by atoms with E-state index in [1.54, 1.807) is 46.9 Å². The van der Waals surface area contributed by atoms with Crippen LogP contribution < -0.4 is 20.2 Å². The molecule has 3 heterocycles. The smallest absolute Gasteiger partial charge is 0.476 e. The highest BCUT2D eigenvalue weighted by Gasteiger charge is 2.55. The number of rotatable bonds is 6. The highest BCUT2D eigenvalue weighted by atomic mass is 19.2. The molecule has 1 aliphatic carbocycles. The summed E-state index contributed by atoms with van der Waals surface area (Å²) < 4.78 is 51.4. The van der Waals surface area contributed by atoms with E-state index in [9.17, 15) is 39.3 Å². The summed E-state index contributed by atoms with van der Waals surface area (Å²) in [6.45, 7) is 12.4. The highest BCUT2D eigenvalue weighted by Crippen LogP contribution is 2.51. The van der Waals surface area contributed by atoms with Crippen LogP contribution in [0.4, 0.5) is 10.1 Å². The number of fused-ring (bicyclic) bond motifs is 2. The van der Waals surface area contributed by atoms with Gasteiger partial charge in [0.05, 0.1) is 42.1 Å². The number of amides is 2. The summed E-state index contributed by atoms with van der Waals surface area (Å²) in [6, 6.07) is 1.01. The predicted molar refractivity (Wildman–Crippen MR) is 235 cm³/mol. The fourth-order valence-electron chi connectivity index (χ4n) is 8.15. The molecule has 2 amide bonds. The van der Waals surface area contributed by atoms with Crippen molar-refractivity contribution in [1.29, 1.82) is 0 Å². The molecule has 0 unspecified atom stereocenters. The van der Waals surface area contributed by atoms with Gasteiger partial charge in [0, 0.05) is 74.3 Å². The molecule has 4 N–H and O–H groups in total. The number of alkyl halides is 1. The first-order valence-electron chi connectivity index (χ1n) is 21.1. The van der Waals surface area contributed by atoms with Crippen LogP contribution in [0.2, 0.25) is 0 Å². The van der Waals surface area contributed by atoms with Gasteiger partial charge < -0.3 is 53.6 Å². The van der Waals surface area contributed by atoms with Crippen LogP contribution in [0.15, 0.2) is 63.6 Å². The maximum atomic E-state index is 16.9. The number of benzene rings is 3. The van der Waals surface area contributed by atoms with E-state index in [2.05, 4.69) is 5.32 Å². The van der Waals surface area contributed by atoms with Crippen LogP contribution in [0.25, 0.3) is 33.3 Å². The molecule has 9 atom stereocenters. The fourth-order valence-corrected chi connectivity index (χ4v) is 8.15. The molecule has 0 spiro atoms. The van der Waals surface area contributed by atoms with E-state index in [0.717, 1.165) is 6.26 Å². The summed E-state index contributed by atoms with van der Waals surface area (Å²) in [5, 5.41) is 36.3. The van der Waals surface area contributed by atoms with Crippen LogP contribution in [0.1, 0.15) is 64.4 Å². The van der Waals surface area contributed by atoms with Crippen molar-refractivity contribution in [3.8, 4) is 28.7 Å². The second-order valence-electron chi connectivity index (χ2n) is 16.7. The molecule has 0 radical (unpaired) electrons. The third-order valence-electron chi connectivity index (χ3n) is 12.3. The molecular formula is C47H54FN3O14. The highest BCUT2D eigenvalue weighted by molar-refractivity contribution is 6.22. The number of nitrogens with one attached hydrogen (secondary N) is 1. The van der Waals surface area contributed by atoms with Gasteiger partial charge in [-0.1, -0.05) is 45.9 Å². The predicted octanol–water partition coefficient (Wildman–Crippen LogP) is 5.71. The number of hydrogen-bond donors (Lipinski definition) is 4. The lowest BCUT2D eigenvalue weighted by Gasteiger charge is -2.38. The Hall–Kier alpha value is -6.37. The number of likely N-dealkylation sites (N-methyl/N-ethyl adjacent to an activating group) is 1. The first kappa shape index (κ1) is 48.1. The maximum Gasteiger partial charge on any atom is 0.476 e. The lowest BCUT2D eigenvalue weighted by atomic mass is 9.78. The number of aliphatic hydroxyl groups excluding tert-OH is 2. The van der Waals surface area contributed by atoms with E-state index < -0.39 is 105 Å². The molecule has 65 heavy (non-hydrogen) atoms. The number of Topliss-reactive ketones (excluding diaryl/α,β-unsaturated/α-hetero) is 1. The Morgan fingerprint density at radius 2 is 1.71 bits per heavy atom. The summed E-state index contributed by atoms with van der Waals surface area (Å²) >= 11 is 0. The average Bonchev–Trinajstić information content (AvgIpc) is 3.53. The van der Waals surface area contributed by atoms with Crippen LogP contribution in [0, 0.1) is 30.6 Å². The first-order chi connectivity index (χ1) is 30.6. The number of esters is 1. The molecule has 348 valence electrons. The molecule has 0 saturated carbocycles. The first-order valence-corrected chi connectivity index (χ1v) is 21.1. The molecule has 4 bridgehead atoms. The largest absolute Gasteiger partial charge is 0.507 e. The molecule has 0 fully saturated rings. The number of ether oxygens (including phenoxy) is 5. The molecule has 18 heteroatoms. The van der Waals surface area contributed by atoms with Gasteiger partial charge in [0.15, 0.2) is 11.3 Å². The Bertz CT molecular complexity index is 2660. The van der Waals surface area contributed by atoms with Crippen molar-refractivity contribution in [2.75, 3.05) is 32.6 Å². The number of aliphatic hydroxyl groups is 2. The number of anilines is 1. The van der Waals surface area contributed by atoms with E-state index in [0.29, 0.717) is 5.75 Å². The molecular weight excluding hydrogens is 850 g/mol. The molecule has 3 aliphatic heterocycles. The van der Waals surface area contributed by atoms with Gasteiger partial charge >= 0.3 is 12.0 Å². The number of nitrogens with zero attached hydrogens (tertiary/aromatic N) is 2. The number of aromatic hydroxyl groups is 1. The zero-order chi connectivity index (χ0) is 47.8. The van der Waals surface area contributed by atoms with Crippen LogP contribution in [-0.2, 0) is 28.6 Å². The molecule has 17 nitrogen and oxygen atoms in total. The average molecular weight is 904 g/mol. The van der Waals surface area contributed by atoms with Gasteiger partial charge in [-0.2, -0.15) is 0 Å². The normalized spacial score (nSPS) is 28.3. The molecule has 0 saturated heterocycles. The van der Waals surface area contributed by atoms with Gasteiger partial charge in [-0.15, -0.1) is 4.39 Å². The Labute approximate surface area is 373 Å². The van der Waals surface area contributed by atoms with Crippen molar-refractivity contribution in [2.45, 2.75) is 85.8 Å². The summed E-state index contributed by atoms with van der Waals surface area (Å²) in [5.41, 5.74) is -2.08. The van der Waals surface area contributed by atoms with Crippen LogP contribution >= 0.6 is 0 Å². The van der Waals surface area contributed by atoms with Crippen molar-refractivity contribution >= 4 is 51.1 Å². The van der Waals surface area contributed by atoms with Crippen LogP contribution in [-0.4, -0.2) is 107 Å². The van der Waals surface area contributed by atoms with E-state index in [-0.39, 0.29) is 58.1 Å². The minimum Gasteiger partial charge on any atom is -0.507 e. The number of ketones is 1. The zero-order valence-corrected chi connectivity index (χ0v) is 37.8. The summed E-state index contributed by atoms with van der Waals surface area (Å²) in [7, 11) is 2.96. The van der Waals surface area contributed by atoms with Gasteiger partial charge in [-0.05, 0) is 32.1 Å². The minimum absolute atomic E-state index is 0.0653. The monoisotopic (exact) mass is 903 g/mol. The van der Waals surface area contributed by atoms with Crippen molar-refractivity contribution in [2.24, 2.45) is 23.7 Å². The number of aromatic nitrogens is 1. The molecule has 6 rings (SSSR count). The number of methoxy groups -OCH3 is 1. The number of halogens is 1. The minimum atomic E-state index is -3.56. The molecule has 4 aliphatic rings. The van der Waals surface area contributed by atoms with Gasteiger partial charge in [-0.3, -0.25) is 24.0 Å². The van der Waals surface area contributed by atoms with Crippen molar-refractivity contribution in [3.63, 3.8) is 0 Å². The molecule has 0 aromatic heterocycles. The Kier molecular flexibility index (Phi) is 14.1. The quantitative estimate of drug-likeness (QED) is 0.103. The fraction of sp³-hybridized carbons (Fsp3) is 0.447. The van der Waals surface area contributed by atoms with Crippen molar-refractivity contribution in [1.82, 2.24) is 9.88 Å². The van der Waals surface area contributed by atoms with Gasteiger partial charge in [0.2, 0.25) is 11.3 Å². The number of phenolic OH excluding ortho intramolecular Hbond substituents is 1. The van der Waals surface area contributed by atoms with Crippen molar-refractivity contribution in [3.05, 3.63) is 75.7 Å². The summed E-state index contributed by atoms with van der Waals surface area (Å²) in [5.74, 6) is -7.02. The topological polar surface area (TPSA) is 233 Å². The number of allylic oxidation sites excluding steroid dienone is 2. The summed E-state index contributed by atoms with van der Waals surface area (Å²) in [6.07, 6.45) is 2.37. The molecule has 2 aromatic carbocycles. The van der Waals surface area contributed by atoms with Gasteiger partial charge in [0.25, 0.3) is 11.7 Å². The zero-order valence-electron chi connectivity index (χ0n) is 37.8. The maximum absolute atomic E-state index is 16.9. The third kappa shape index (κ3) is 9.28. The van der Waals surface area contributed by atoms with Crippen LogP contribution in [0.5, 0.6) is 17.2 Å². The number of carbonyl (C=O) groups is 4. The second kappa shape index (κ2) is 19.0. The lowest BCUT2D eigenvalue weighted by Crippen LogP contribution is -2.46. The van der Waals surface area contributed by atoms with E-state index in [4.69, 9.17) is 33.1 Å².